The maximum Gasteiger partial charge on any atom is 0.276 e. The third kappa shape index (κ3) is 6.88. The van der Waals surface area contributed by atoms with E-state index in [9.17, 15) is 9.59 Å². The molecule has 0 fully saturated rings. The molecule has 0 aromatic heterocycles. The van der Waals surface area contributed by atoms with Crippen molar-refractivity contribution in [3.63, 3.8) is 0 Å². The van der Waals surface area contributed by atoms with E-state index in [2.05, 4.69) is 40.6 Å². The SMILES string of the molecule is Cc1cc(OCC(=O)NNC(=O)c2ccccc2OCCC(C)C)ccc1Br. The van der Waals surface area contributed by atoms with Crippen LogP contribution in [0, 0.1) is 12.8 Å². The van der Waals surface area contributed by atoms with E-state index in [1.165, 1.54) is 0 Å². The van der Waals surface area contributed by atoms with Gasteiger partial charge in [-0.25, -0.2) is 0 Å². The van der Waals surface area contributed by atoms with Crippen molar-refractivity contribution in [2.24, 2.45) is 5.92 Å². The van der Waals surface area contributed by atoms with Crippen molar-refractivity contribution in [1.82, 2.24) is 10.9 Å². The lowest BCUT2D eigenvalue weighted by molar-refractivity contribution is -0.123. The van der Waals surface area contributed by atoms with Crippen LogP contribution in [0.5, 0.6) is 11.5 Å². The molecule has 150 valence electrons. The van der Waals surface area contributed by atoms with Gasteiger partial charge in [-0.05, 0) is 55.2 Å². The van der Waals surface area contributed by atoms with Crippen LogP contribution in [0.4, 0.5) is 0 Å². The Morgan fingerprint density at radius 2 is 1.82 bits per heavy atom. The fourth-order valence-electron chi connectivity index (χ4n) is 2.27. The smallest absolute Gasteiger partial charge is 0.276 e. The molecule has 2 amide bonds. The Balaban J connectivity index is 1.84. The number of rotatable bonds is 8. The number of hydrazine groups is 1. The van der Waals surface area contributed by atoms with E-state index < -0.39 is 11.8 Å². The lowest BCUT2D eigenvalue weighted by atomic mass is 10.1. The number of hydrogen-bond donors (Lipinski definition) is 2. The predicted molar refractivity (Wildman–Crippen MR) is 111 cm³/mol. The number of ether oxygens (including phenoxy) is 2. The summed E-state index contributed by atoms with van der Waals surface area (Å²) in [6.07, 6.45) is 0.888. The second kappa shape index (κ2) is 10.7. The van der Waals surface area contributed by atoms with Crippen LogP contribution in [-0.4, -0.2) is 25.0 Å². The Kier molecular flexibility index (Phi) is 8.32. The molecular weight excluding hydrogens is 424 g/mol. The summed E-state index contributed by atoms with van der Waals surface area (Å²) in [6.45, 7) is 6.45. The molecular formula is C21H25BrN2O4. The minimum absolute atomic E-state index is 0.214. The second-order valence-corrected chi connectivity index (χ2v) is 7.58. The Labute approximate surface area is 173 Å². The molecule has 0 aliphatic heterocycles. The van der Waals surface area contributed by atoms with Gasteiger partial charge in [-0.3, -0.25) is 20.4 Å². The average molecular weight is 449 g/mol. The van der Waals surface area contributed by atoms with E-state index in [4.69, 9.17) is 9.47 Å². The molecule has 2 rings (SSSR count). The lowest BCUT2D eigenvalue weighted by Crippen LogP contribution is -2.43. The number of carbonyl (C=O) groups is 2. The first-order chi connectivity index (χ1) is 13.4. The topological polar surface area (TPSA) is 76.7 Å². The molecule has 7 heteroatoms. The van der Waals surface area contributed by atoms with Crippen LogP contribution in [0.25, 0.3) is 0 Å². The summed E-state index contributed by atoms with van der Waals surface area (Å²) in [5, 5.41) is 0. The van der Waals surface area contributed by atoms with Crippen molar-refractivity contribution >= 4 is 27.7 Å². The largest absolute Gasteiger partial charge is 0.493 e. The van der Waals surface area contributed by atoms with Crippen LogP contribution >= 0.6 is 15.9 Å². The molecule has 0 saturated carbocycles. The number of nitrogens with one attached hydrogen (secondary N) is 2. The van der Waals surface area contributed by atoms with Gasteiger partial charge in [-0.15, -0.1) is 0 Å². The summed E-state index contributed by atoms with van der Waals surface area (Å²) in [4.78, 5) is 24.3. The van der Waals surface area contributed by atoms with E-state index in [1.807, 2.05) is 19.1 Å². The van der Waals surface area contributed by atoms with Gasteiger partial charge in [0.1, 0.15) is 11.5 Å². The molecule has 0 radical (unpaired) electrons. The molecule has 0 unspecified atom stereocenters. The molecule has 0 aliphatic carbocycles. The minimum Gasteiger partial charge on any atom is -0.493 e. The van der Waals surface area contributed by atoms with Gasteiger partial charge in [0.25, 0.3) is 11.8 Å². The van der Waals surface area contributed by atoms with E-state index in [-0.39, 0.29) is 6.61 Å². The van der Waals surface area contributed by atoms with Crippen molar-refractivity contribution < 1.29 is 19.1 Å². The molecule has 6 nitrogen and oxygen atoms in total. The third-order valence-electron chi connectivity index (χ3n) is 3.90. The van der Waals surface area contributed by atoms with Crippen molar-refractivity contribution in [3.05, 3.63) is 58.1 Å². The molecule has 0 spiro atoms. The highest BCUT2D eigenvalue weighted by Gasteiger charge is 2.13. The van der Waals surface area contributed by atoms with E-state index >= 15 is 0 Å². The lowest BCUT2D eigenvalue weighted by Gasteiger charge is -2.13. The molecule has 0 aliphatic rings. The number of amides is 2. The zero-order valence-corrected chi connectivity index (χ0v) is 17.8. The zero-order valence-electron chi connectivity index (χ0n) is 16.3. The first kappa shape index (κ1) is 21.8. The minimum atomic E-state index is -0.466. The number of carbonyl (C=O) groups excluding carboxylic acids is 2. The quantitative estimate of drug-likeness (QED) is 0.597. The number of halogens is 1. The maximum absolute atomic E-state index is 12.4. The maximum atomic E-state index is 12.4. The first-order valence-electron chi connectivity index (χ1n) is 9.06. The summed E-state index contributed by atoms with van der Waals surface area (Å²) in [7, 11) is 0. The normalized spacial score (nSPS) is 10.5. The summed E-state index contributed by atoms with van der Waals surface area (Å²) >= 11 is 3.41. The molecule has 2 aromatic rings. The van der Waals surface area contributed by atoms with Gasteiger partial charge in [0, 0.05) is 4.47 Å². The van der Waals surface area contributed by atoms with E-state index in [0.717, 1.165) is 16.5 Å². The van der Waals surface area contributed by atoms with Crippen LogP contribution in [0.2, 0.25) is 0 Å². The number of para-hydroxylation sites is 1. The Morgan fingerprint density at radius 1 is 1.07 bits per heavy atom. The summed E-state index contributed by atoms with van der Waals surface area (Å²) in [5.41, 5.74) is 6.10. The molecule has 2 aromatic carbocycles. The van der Waals surface area contributed by atoms with E-state index in [1.54, 1.807) is 30.3 Å². The Hall–Kier alpha value is -2.54. The zero-order chi connectivity index (χ0) is 20.5. The second-order valence-electron chi connectivity index (χ2n) is 6.73. The number of benzene rings is 2. The Bertz CT molecular complexity index is 824. The fraction of sp³-hybridized carbons (Fsp3) is 0.333. The van der Waals surface area contributed by atoms with Crippen LogP contribution in [0.1, 0.15) is 36.2 Å². The highest BCUT2D eigenvalue weighted by atomic mass is 79.9. The predicted octanol–water partition coefficient (Wildman–Crippen LogP) is 4.02. The van der Waals surface area contributed by atoms with Gasteiger partial charge in [-0.2, -0.15) is 0 Å². The first-order valence-corrected chi connectivity index (χ1v) is 9.86. The highest BCUT2D eigenvalue weighted by molar-refractivity contribution is 9.10. The molecule has 2 N–H and O–H groups in total. The van der Waals surface area contributed by atoms with E-state index in [0.29, 0.717) is 29.6 Å². The van der Waals surface area contributed by atoms with Gasteiger partial charge in [0.05, 0.1) is 12.2 Å². The highest BCUT2D eigenvalue weighted by Crippen LogP contribution is 2.21. The van der Waals surface area contributed by atoms with Crippen molar-refractivity contribution in [2.45, 2.75) is 27.2 Å². The molecule has 0 atom stereocenters. The summed E-state index contributed by atoms with van der Waals surface area (Å²) < 4.78 is 12.1. The van der Waals surface area contributed by atoms with Gasteiger partial charge < -0.3 is 9.47 Å². The van der Waals surface area contributed by atoms with Gasteiger partial charge in [0.15, 0.2) is 6.61 Å². The van der Waals surface area contributed by atoms with Crippen LogP contribution < -0.4 is 20.3 Å². The monoisotopic (exact) mass is 448 g/mol. The molecule has 28 heavy (non-hydrogen) atoms. The average Bonchev–Trinajstić information content (AvgIpc) is 2.67. The standard InChI is InChI=1S/C21H25BrN2O4/c1-14(2)10-11-27-19-7-5-4-6-17(19)21(26)24-23-20(25)13-28-16-8-9-18(22)15(3)12-16/h4-9,12,14H,10-11,13H2,1-3H3,(H,23,25)(H,24,26). The third-order valence-corrected chi connectivity index (χ3v) is 4.79. The van der Waals surface area contributed by atoms with Gasteiger partial charge in [-0.1, -0.05) is 41.9 Å². The van der Waals surface area contributed by atoms with Gasteiger partial charge in [0.2, 0.25) is 0 Å². The molecule has 0 saturated heterocycles. The number of hydrogen-bond acceptors (Lipinski definition) is 4. The van der Waals surface area contributed by atoms with Crippen molar-refractivity contribution in [3.8, 4) is 11.5 Å². The Morgan fingerprint density at radius 3 is 2.54 bits per heavy atom. The van der Waals surface area contributed by atoms with Crippen LogP contribution in [0.15, 0.2) is 46.9 Å². The van der Waals surface area contributed by atoms with Crippen molar-refractivity contribution in [2.75, 3.05) is 13.2 Å². The summed E-state index contributed by atoms with van der Waals surface area (Å²) in [6, 6.07) is 12.3. The molecule has 0 heterocycles. The molecule has 0 bridgehead atoms. The fourth-order valence-corrected chi connectivity index (χ4v) is 2.52. The summed E-state index contributed by atoms with van der Waals surface area (Å²) in [5.74, 6) is 0.650. The van der Waals surface area contributed by atoms with Crippen molar-refractivity contribution in [1.29, 1.82) is 0 Å². The van der Waals surface area contributed by atoms with Gasteiger partial charge >= 0.3 is 0 Å². The van der Waals surface area contributed by atoms with Crippen LogP contribution in [-0.2, 0) is 4.79 Å². The van der Waals surface area contributed by atoms with Crippen LogP contribution in [0.3, 0.4) is 0 Å². The number of aryl methyl sites for hydroxylation is 1.